The molecule has 0 saturated carbocycles. The average molecular weight is 342 g/mol. The number of fused-ring (bicyclic) bond motifs is 1. The van der Waals surface area contributed by atoms with Crippen molar-refractivity contribution in [2.24, 2.45) is 7.05 Å². The number of rotatable bonds is 2. The van der Waals surface area contributed by atoms with Gasteiger partial charge >= 0.3 is 6.18 Å². The molecule has 0 radical (unpaired) electrons. The molecule has 0 aliphatic heterocycles. The summed E-state index contributed by atoms with van der Waals surface area (Å²) in [5.74, 6) is -0.249. The van der Waals surface area contributed by atoms with E-state index in [1.807, 2.05) is 0 Å². The highest BCUT2D eigenvalue weighted by molar-refractivity contribution is 7.18. The van der Waals surface area contributed by atoms with Gasteiger partial charge in [-0.2, -0.15) is 18.3 Å². The first-order chi connectivity index (χ1) is 10.7. The number of anilines is 1. The molecule has 3 rings (SSSR count). The minimum absolute atomic E-state index is 0.00378. The number of thiazole rings is 1. The molecular formula is C14H13F3N4OS. The molecule has 2 aromatic heterocycles. The summed E-state index contributed by atoms with van der Waals surface area (Å²) < 4.78 is 43.0. The number of para-hydroxylation sites is 1. The van der Waals surface area contributed by atoms with E-state index in [4.69, 9.17) is 5.73 Å². The van der Waals surface area contributed by atoms with Gasteiger partial charge < -0.3 is 10.8 Å². The summed E-state index contributed by atoms with van der Waals surface area (Å²) in [6, 6.07) is 6.60. The zero-order chi connectivity index (χ0) is 17.0. The third kappa shape index (κ3) is 2.19. The number of aromatic nitrogens is 3. The molecule has 0 amide bonds. The SMILES string of the molecule is Cc1nn(C)c(N)c1[C@](O)(c1nc2ccccc2s1)C(F)(F)F. The van der Waals surface area contributed by atoms with Gasteiger partial charge in [-0.15, -0.1) is 11.3 Å². The summed E-state index contributed by atoms with van der Waals surface area (Å²) in [6.45, 7) is 1.37. The summed E-state index contributed by atoms with van der Waals surface area (Å²) in [5, 5.41) is 14.1. The van der Waals surface area contributed by atoms with Crippen LogP contribution in [0.1, 0.15) is 16.3 Å². The van der Waals surface area contributed by atoms with Crippen LogP contribution in [-0.4, -0.2) is 26.0 Å². The number of hydrogen-bond donors (Lipinski definition) is 2. The standard InChI is InChI=1S/C14H13F3N4OS/c1-7-10(11(18)21(2)20-7)13(22,14(15,16)17)12-19-8-5-3-4-6-9(8)23-12/h3-6,22H,18H2,1-2H3/t13-/m0/s1. The van der Waals surface area contributed by atoms with Gasteiger partial charge in [-0.3, -0.25) is 4.68 Å². The maximum atomic E-state index is 13.8. The smallest absolute Gasteiger partial charge is 0.384 e. The predicted octanol–water partition coefficient (Wildman–Crippen LogP) is 2.72. The van der Waals surface area contributed by atoms with Crippen molar-refractivity contribution in [3.8, 4) is 0 Å². The predicted molar refractivity (Wildman–Crippen MR) is 81.0 cm³/mol. The van der Waals surface area contributed by atoms with Crippen LogP contribution >= 0.6 is 11.3 Å². The second kappa shape index (κ2) is 4.93. The van der Waals surface area contributed by atoms with Gasteiger partial charge in [-0.1, -0.05) is 12.1 Å². The molecule has 122 valence electrons. The van der Waals surface area contributed by atoms with Crippen molar-refractivity contribution < 1.29 is 18.3 Å². The fourth-order valence-corrected chi connectivity index (χ4v) is 3.60. The number of benzene rings is 1. The molecule has 0 aliphatic rings. The Bertz CT molecular complexity index is 853. The molecule has 0 aliphatic carbocycles. The van der Waals surface area contributed by atoms with E-state index in [-0.39, 0.29) is 11.5 Å². The largest absolute Gasteiger partial charge is 0.428 e. The van der Waals surface area contributed by atoms with Crippen molar-refractivity contribution in [3.05, 3.63) is 40.5 Å². The number of nitrogens with zero attached hydrogens (tertiary/aromatic N) is 3. The highest BCUT2D eigenvalue weighted by atomic mass is 32.1. The number of nitrogens with two attached hydrogens (primary N) is 1. The molecule has 5 nitrogen and oxygen atoms in total. The van der Waals surface area contributed by atoms with Crippen molar-refractivity contribution in [2.75, 3.05) is 5.73 Å². The second-order valence-electron chi connectivity index (χ2n) is 5.16. The van der Waals surface area contributed by atoms with Crippen LogP contribution in [-0.2, 0) is 12.6 Å². The van der Waals surface area contributed by atoms with Crippen LogP contribution in [0.2, 0.25) is 0 Å². The minimum atomic E-state index is -5.00. The quantitative estimate of drug-likeness (QED) is 0.751. The van der Waals surface area contributed by atoms with Gasteiger partial charge in [0.25, 0.3) is 0 Å². The lowest BCUT2D eigenvalue weighted by molar-refractivity contribution is -0.248. The Morgan fingerprint density at radius 3 is 2.43 bits per heavy atom. The van der Waals surface area contributed by atoms with Gasteiger partial charge in [0.15, 0.2) is 0 Å². The lowest BCUT2D eigenvalue weighted by Gasteiger charge is -2.28. The van der Waals surface area contributed by atoms with Crippen LogP contribution in [0.15, 0.2) is 24.3 Å². The van der Waals surface area contributed by atoms with E-state index in [0.717, 1.165) is 16.0 Å². The molecule has 0 spiro atoms. The van der Waals surface area contributed by atoms with Crippen LogP contribution in [0.25, 0.3) is 10.2 Å². The van der Waals surface area contributed by atoms with Crippen molar-refractivity contribution in [1.82, 2.24) is 14.8 Å². The lowest BCUT2D eigenvalue weighted by Crippen LogP contribution is -2.44. The zero-order valence-electron chi connectivity index (χ0n) is 12.2. The van der Waals surface area contributed by atoms with Crippen LogP contribution in [0.4, 0.5) is 19.0 Å². The number of aliphatic hydroxyl groups is 1. The van der Waals surface area contributed by atoms with E-state index >= 15 is 0 Å². The van der Waals surface area contributed by atoms with Crippen LogP contribution in [0.5, 0.6) is 0 Å². The molecule has 0 fully saturated rings. The fourth-order valence-electron chi connectivity index (χ4n) is 2.52. The zero-order valence-corrected chi connectivity index (χ0v) is 13.0. The summed E-state index contributed by atoms with van der Waals surface area (Å²) in [6.07, 6.45) is -5.00. The van der Waals surface area contributed by atoms with E-state index in [9.17, 15) is 18.3 Å². The summed E-state index contributed by atoms with van der Waals surface area (Å²) in [7, 11) is 1.42. The molecule has 3 N–H and O–H groups in total. The highest BCUT2D eigenvalue weighted by Crippen LogP contribution is 2.48. The molecule has 0 saturated heterocycles. The third-order valence-corrected chi connectivity index (χ3v) is 4.79. The Morgan fingerprint density at radius 1 is 1.26 bits per heavy atom. The molecule has 2 heterocycles. The Balaban J connectivity index is 2.34. The van der Waals surface area contributed by atoms with E-state index in [2.05, 4.69) is 10.1 Å². The fraction of sp³-hybridized carbons (Fsp3) is 0.286. The Morgan fingerprint density at radius 2 is 1.91 bits per heavy atom. The van der Waals surface area contributed by atoms with Crippen LogP contribution in [0.3, 0.4) is 0 Å². The van der Waals surface area contributed by atoms with Gasteiger partial charge in [0.1, 0.15) is 10.8 Å². The topological polar surface area (TPSA) is 77.0 Å². The van der Waals surface area contributed by atoms with Crippen molar-refractivity contribution >= 4 is 27.4 Å². The summed E-state index contributed by atoms with van der Waals surface area (Å²) in [5.41, 5.74) is 2.34. The van der Waals surface area contributed by atoms with Gasteiger partial charge in [-0.25, -0.2) is 4.98 Å². The summed E-state index contributed by atoms with van der Waals surface area (Å²) >= 11 is 0.779. The van der Waals surface area contributed by atoms with E-state index in [0.29, 0.717) is 10.2 Å². The monoisotopic (exact) mass is 342 g/mol. The number of hydrogen-bond acceptors (Lipinski definition) is 5. The Kier molecular flexibility index (Phi) is 3.38. The van der Waals surface area contributed by atoms with Gasteiger partial charge in [0, 0.05) is 7.05 Å². The molecule has 3 aromatic rings. The highest BCUT2D eigenvalue weighted by Gasteiger charge is 2.61. The van der Waals surface area contributed by atoms with Crippen molar-refractivity contribution in [2.45, 2.75) is 18.7 Å². The maximum absolute atomic E-state index is 13.8. The number of halogens is 3. The minimum Gasteiger partial charge on any atom is -0.384 e. The van der Waals surface area contributed by atoms with Crippen molar-refractivity contribution in [3.63, 3.8) is 0 Å². The van der Waals surface area contributed by atoms with E-state index in [1.165, 1.54) is 14.0 Å². The van der Waals surface area contributed by atoms with E-state index < -0.39 is 22.3 Å². The average Bonchev–Trinajstić information content (AvgIpc) is 2.99. The number of alkyl halides is 3. The number of aryl methyl sites for hydroxylation is 2. The maximum Gasteiger partial charge on any atom is 0.428 e. The number of nitrogen functional groups attached to an aromatic ring is 1. The first-order valence-corrected chi connectivity index (χ1v) is 7.42. The van der Waals surface area contributed by atoms with Crippen LogP contribution < -0.4 is 5.73 Å². The molecule has 0 bridgehead atoms. The molecule has 9 heteroatoms. The van der Waals surface area contributed by atoms with Crippen molar-refractivity contribution in [1.29, 1.82) is 0 Å². The molecular weight excluding hydrogens is 329 g/mol. The second-order valence-corrected chi connectivity index (χ2v) is 6.19. The first kappa shape index (κ1) is 15.8. The first-order valence-electron chi connectivity index (χ1n) is 6.61. The Hall–Kier alpha value is -2.13. The van der Waals surface area contributed by atoms with Gasteiger partial charge in [-0.05, 0) is 19.1 Å². The van der Waals surface area contributed by atoms with Gasteiger partial charge in [0.05, 0.1) is 21.5 Å². The van der Waals surface area contributed by atoms with Crippen LogP contribution in [0, 0.1) is 6.92 Å². The van der Waals surface area contributed by atoms with E-state index in [1.54, 1.807) is 24.3 Å². The molecule has 1 aromatic carbocycles. The van der Waals surface area contributed by atoms with Gasteiger partial charge in [0.2, 0.25) is 5.60 Å². The Labute approximate surface area is 133 Å². The molecule has 0 unspecified atom stereocenters. The summed E-state index contributed by atoms with van der Waals surface area (Å²) in [4.78, 5) is 3.98. The lowest BCUT2D eigenvalue weighted by atomic mass is 9.93. The molecule has 1 atom stereocenters. The normalized spacial score (nSPS) is 15.0. The third-order valence-electron chi connectivity index (χ3n) is 3.64. The molecule has 23 heavy (non-hydrogen) atoms.